The van der Waals surface area contributed by atoms with E-state index >= 15 is 0 Å². The summed E-state index contributed by atoms with van der Waals surface area (Å²) in [6.07, 6.45) is 3.49. The number of nitrogens with two attached hydrogens (primary N) is 1. The molecule has 7 nitrogen and oxygen atoms in total. The Balaban J connectivity index is 2.56. The Bertz CT molecular complexity index is 969. The number of hydrogen-bond acceptors (Lipinski definition) is 6. The lowest BCUT2D eigenvalue weighted by Crippen LogP contribution is -2.68. The number of methoxy groups -OCH3 is 1. The molecule has 1 aliphatic carbocycles. The molecule has 2 N–H and O–H groups in total. The summed E-state index contributed by atoms with van der Waals surface area (Å²) in [5.74, 6) is -4.24. The average Bonchev–Trinajstić information content (AvgIpc) is 2.94. The third kappa shape index (κ3) is 6.07. The number of Topliss-reactive ketones (excluding diaryl/α,β-unsaturated/α-hetero) is 1. The van der Waals surface area contributed by atoms with Crippen molar-refractivity contribution in [1.82, 2.24) is 4.90 Å². The van der Waals surface area contributed by atoms with Gasteiger partial charge in [0.1, 0.15) is 17.4 Å². The van der Waals surface area contributed by atoms with Crippen LogP contribution in [-0.4, -0.2) is 47.2 Å². The Hall–Kier alpha value is -2.80. The number of hydrogen-bond donors (Lipinski definition) is 1. The molecule has 0 fully saturated rings. The summed E-state index contributed by atoms with van der Waals surface area (Å²) in [4.78, 5) is 54.4. The first-order valence-corrected chi connectivity index (χ1v) is 12.3. The number of carbonyl (C=O) groups is 4. The first-order chi connectivity index (χ1) is 16.4. The minimum absolute atomic E-state index is 0.113. The van der Waals surface area contributed by atoms with Gasteiger partial charge in [-0.25, -0.2) is 4.79 Å². The van der Waals surface area contributed by atoms with Crippen molar-refractivity contribution < 1.29 is 23.9 Å². The Morgan fingerprint density at radius 2 is 1.74 bits per heavy atom. The highest BCUT2D eigenvalue weighted by Crippen LogP contribution is 2.37. The van der Waals surface area contributed by atoms with E-state index in [-0.39, 0.29) is 5.78 Å². The van der Waals surface area contributed by atoms with Crippen molar-refractivity contribution in [3.8, 4) is 0 Å². The fourth-order valence-corrected chi connectivity index (χ4v) is 5.05. The molecule has 2 unspecified atom stereocenters. The Morgan fingerprint density at radius 1 is 1.14 bits per heavy atom. The number of rotatable bonds is 8. The summed E-state index contributed by atoms with van der Waals surface area (Å²) in [6, 6.07) is 8.60. The molecule has 0 radical (unpaired) electrons. The zero-order valence-electron chi connectivity index (χ0n) is 22.0. The molecule has 192 valence electrons. The third-order valence-electron chi connectivity index (χ3n) is 7.13. The number of imide groups is 1. The van der Waals surface area contributed by atoms with Gasteiger partial charge >= 0.3 is 5.97 Å². The van der Waals surface area contributed by atoms with Gasteiger partial charge in [0, 0.05) is 18.8 Å². The van der Waals surface area contributed by atoms with Crippen LogP contribution in [-0.2, 0) is 30.3 Å². The van der Waals surface area contributed by atoms with Crippen LogP contribution in [0.15, 0.2) is 42.0 Å². The number of esters is 1. The molecule has 0 saturated carbocycles. The van der Waals surface area contributed by atoms with Gasteiger partial charge in [0.05, 0.1) is 7.11 Å². The van der Waals surface area contributed by atoms with Crippen LogP contribution in [0.1, 0.15) is 59.9 Å². The second-order valence-electron chi connectivity index (χ2n) is 10.3. The summed E-state index contributed by atoms with van der Waals surface area (Å²) in [5, 5.41) is 0. The maximum Gasteiger partial charge on any atom is 0.329 e. The van der Waals surface area contributed by atoms with E-state index in [0.29, 0.717) is 19.3 Å². The second kappa shape index (κ2) is 11.8. The fourth-order valence-electron chi connectivity index (χ4n) is 5.05. The van der Waals surface area contributed by atoms with E-state index in [0.717, 1.165) is 16.0 Å². The predicted octanol–water partition coefficient (Wildman–Crippen LogP) is 3.70. The lowest BCUT2D eigenvalue weighted by molar-refractivity contribution is -0.166. The van der Waals surface area contributed by atoms with Crippen LogP contribution in [0.25, 0.3) is 0 Å². The molecular formula is C28H40N2O5. The van der Waals surface area contributed by atoms with Crippen molar-refractivity contribution in [3.05, 3.63) is 47.5 Å². The van der Waals surface area contributed by atoms with Crippen molar-refractivity contribution in [3.63, 3.8) is 0 Å². The van der Waals surface area contributed by atoms with Gasteiger partial charge in [0.2, 0.25) is 5.91 Å². The van der Waals surface area contributed by atoms with E-state index in [4.69, 9.17) is 10.5 Å². The lowest BCUT2D eigenvalue weighted by Gasteiger charge is -2.43. The topological polar surface area (TPSA) is 107 Å². The smallest absolute Gasteiger partial charge is 0.329 e. The van der Waals surface area contributed by atoms with E-state index in [1.165, 1.54) is 14.0 Å². The average molecular weight is 485 g/mol. The van der Waals surface area contributed by atoms with Crippen molar-refractivity contribution in [2.45, 2.75) is 72.4 Å². The van der Waals surface area contributed by atoms with Gasteiger partial charge < -0.3 is 10.5 Å². The van der Waals surface area contributed by atoms with Crippen molar-refractivity contribution >= 4 is 23.6 Å². The van der Waals surface area contributed by atoms with Gasteiger partial charge in [-0.05, 0) is 43.6 Å². The number of nitrogens with zero attached hydrogens (tertiary/aromatic N) is 1. The molecular weight excluding hydrogens is 444 g/mol. The number of amides is 2. The van der Waals surface area contributed by atoms with Gasteiger partial charge in [-0.2, -0.15) is 0 Å². The Labute approximate surface area is 209 Å². The molecule has 0 bridgehead atoms. The summed E-state index contributed by atoms with van der Waals surface area (Å²) in [6.45, 7) is 10.2. The monoisotopic (exact) mass is 484 g/mol. The highest BCUT2D eigenvalue weighted by atomic mass is 16.5. The van der Waals surface area contributed by atoms with Gasteiger partial charge in [-0.3, -0.25) is 19.3 Å². The minimum atomic E-state index is -1.67. The normalized spacial score (nSPS) is 21.1. The molecule has 2 rings (SSSR count). The molecule has 0 spiro atoms. The first-order valence-electron chi connectivity index (χ1n) is 12.3. The second-order valence-corrected chi connectivity index (χ2v) is 10.3. The quantitative estimate of drug-likeness (QED) is 0.445. The molecule has 0 aliphatic heterocycles. The summed E-state index contributed by atoms with van der Waals surface area (Å²) in [5.41, 5.74) is 7.32. The first kappa shape index (κ1) is 28.4. The fraction of sp³-hybridized carbons (Fsp3) is 0.571. The SMILES string of the molecule is COC(=O)[C@H](C(C)C)N(C(C)=O)C(=O)[C@@](N)(C(C)C)C1CCC(C)=CC(Cc2ccccc2)C1=O. The zero-order chi connectivity index (χ0) is 26.5. The van der Waals surface area contributed by atoms with Crippen molar-refractivity contribution in [2.24, 2.45) is 29.4 Å². The highest BCUT2D eigenvalue weighted by Gasteiger charge is 2.54. The molecule has 1 aromatic rings. The van der Waals surface area contributed by atoms with Crippen LogP contribution in [0.3, 0.4) is 0 Å². The van der Waals surface area contributed by atoms with E-state index in [2.05, 4.69) is 0 Å². The van der Waals surface area contributed by atoms with Gasteiger partial charge in [0.25, 0.3) is 5.91 Å². The van der Waals surface area contributed by atoms with Crippen LogP contribution >= 0.6 is 0 Å². The lowest BCUT2D eigenvalue weighted by atomic mass is 9.69. The molecule has 2 amide bonds. The van der Waals surface area contributed by atoms with Crippen LogP contribution in [0.5, 0.6) is 0 Å². The molecule has 7 heteroatoms. The number of benzene rings is 1. The van der Waals surface area contributed by atoms with Crippen molar-refractivity contribution in [2.75, 3.05) is 7.11 Å². The summed E-state index contributed by atoms with van der Waals surface area (Å²) in [7, 11) is 1.22. The maximum absolute atomic E-state index is 14.1. The summed E-state index contributed by atoms with van der Waals surface area (Å²) >= 11 is 0. The molecule has 0 aromatic heterocycles. The summed E-state index contributed by atoms with van der Waals surface area (Å²) < 4.78 is 4.91. The van der Waals surface area contributed by atoms with Crippen LogP contribution in [0, 0.1) is 23.7 Å². The van der Waals surface area contributed by atoms with E-state index in [1.54, 1.807) is 27.7 Å². The third-order valence-corrected chi connectivity index (χ3v) is 7.13. The molecule has 1 aromatic carbocycles. The van der Waals surface area contributed by atoms with Gasteiger partial charge in [-0.15, -0.1) is 0 Å². The minimum Gasteiger partial charge on any atom is -0.467 e. The van der Waals surface area contributed by atoms with E-state index in [9.17, 15) is 19.2 Å². The molecule has 4 atom stereocenters. The standard InChI is InChI=1S/C28H40N2O5/c1-17(2)24(26(33)35-7)30(20(6)31)27(34)28(29,18(3)4)23-14-13-19(5)15-22(25(23)32)16-21-11-9-8-10-12-21/h8-12,15,17-18,22-24H,13-14,16,29H2,1-7H3/t22?,23?,24-,28+/m0/s1. The Kier molecular flexibility index (Phi) is 9.55. The van der Waals surface area contributed by atoms with Crippen molar-refractivity contribution in [1.29, 1.82) is 0 Å². The maximum atomic E-state index is 14.1. The Morgan fingerprint density at radius 3 is 2.23 bits per heavy atom. The predicted molar refractivity (Wildman–Crippen MR) is 135 cm³/mol. The molecule has 1 aliphatic rings. The number of allylic oxidation sites excluding steroid dienone is 2. The number of ketones is 1. The molecule has 0 saturated heterocycles. The van der Waals surface area contributed by atoms with Gasteiger partial charge in [-0.1, -0.05) is 69.7 Å². The number of carbonyl (C=O) groups excluding carboxylic acids is 4. The van der Waals surface area contributed by atoms with E-state index < -0.39 is 53.0 Å². The molecule has 0 heterocycles. The van der Waals surface area contributed by atoms with Crippen LogP contribution in [0.4, 0.5) is 0 Å². The van der Waals surface area contributed by atoms with E-state index in [1.807, 2.05) is 43.3 Å². The van der Waals surface area contributed by atoms with Crippen LogP contribution in [0.2, 0.25) is 0 Å². The largest absolute Gasteiger partial charge is 0.467 e. The van der Waals surface area contributed by atoms with Gasteiger partial charge in [0.15, 0.2) is 0 Å². The molecule has 35 heavy (non-hydrogen) atoms. The highest BCUT2D eigenvalue weighted by molar-refractivity contribution is 6.05. The zero-order valence-corrected chi connectivity index (χ0v) is 22.0. The number of ether oxygens (including phenoxy) is 1. The van der Waals surface area contributed by atoms with Crippen LogP contribution < -0.4 is 5.73 Å².